The molecule has 24 heavy (non-hydrogen) atoms. The predicted octanol–water partition coefficient (Wildman–Crippen LogP) is 2.45. The summed E-state index contributed by atoms with van der Waals surface area (Å²) in [5, 5.41) is 6.44. The van der Waals surface area contributed by atoms with Crippen LogP contribution in [0.4, 0.5) is 4.79 Å². The van der Waals surface area contributed by atoms with E-state index in [0.717, 1.165) is 12.5 Å². The predicted molar refractivity (Wildman–Crippen MR) is 109 cm³/mol. The lowest BCUT2D eigenvalue weighted by Gasteiger charge is -2.26. The molecule has 2 N–H and O–H groups in total. The SMILES string of the molecule is CCNC(=NCCN(CC)C(=O)OC(C)(C)C)NC(C)COC.I. The molecule has 0 aromatic rings. The Bertz CT molecular complexity index is 373. The van der Waals surface area contributed by atoms with Crippen molar-refractivity contribution in [3.05, 3.63) is 0 Å². The fraction of sp³-hybridized carbons (Fsp3) is 0.875. The molecule has 1 amide bonds. The van der Waals surface area contributed by atoms with Gasteiger partial charge in [0.1, 0.15) is 5.60 Å². The minimum absolute atomic E-state index is 0. The van der Waals surface area contributed by atoms with Gasteiger partial charge in [-0.05, 0) is 41.5 Å². The zero-order chi connectivity index (χ0) is 17.9. The van der Waals surface area contributed by atoms with Crippen LogP contribution in [0.1, 0.15) is 41.5 Å². The largest absolute Gasteiger partial charge is 0.444 e. The number of carbonyl (C=O) groups excluding carboxylic acids is 1. The summed E-state index contributed by atoms with van der Waals surface area (Å²) in [6.45, 7) is 14.5. The molecule has 0 aromatic carbocycles. The maximum absolute atomic E-state index is 12.1. The average Bonchev–Trinajstić information content (AvgIpc) is 2.41. The molecule has 0 fully saturated rings. The van der Waals surface area contributed by atoms with E-state index in [1.165, 1.54) is 0 Å². The third kappa shape index (κ3) is 12.6. The van der Waals surface area contributed by atoms with Gasteiger partial charge in [0.2, 0.25) is 0 Å². The van der Waals surface area contributed by atoms with Gasteiger partial charge in [-0.15, -0.1) is 24.0 Å². The van der Waals surface area contributed by atoms with Crippen molar-refractivity contribution >= 4 is 36.0 Å². The van der Waals surface area contributed by atoms with Crippen LogP contribution in [0.5, 0.6) is 0 Å². The molecule has 1 atom stereocenters. The summed E-state index contributed by atoms with van der Waals surface area (Å²) in [7, 11) is 1.67. The van der Waals surface area contributed by atoms with Crippen LogP contribution in [0, 0.1) is 0 Å². The van der Waals surface area contributed by atoms with Crippen LogP contribution in [0.25, 0.3) is 0 Å². The molecule has 0 rings (SSSR count). The van der Waals surface area contributed by atoms with Gasteiger partial charge in [0.25, 0.3) is 0 Å². The standard InChI is InChI=1S/C16H34N4O3.HI/c1-8-17-14(19-13(3)12-22-7)18-10-11-20(9-2)15(21)23-16(4,5)6;/h13H,8-12H2,1-7H3,(H2,17,18,19);1H. The maximum atomic E-state index is 12.1. The van der Waals surface area contributed by atoms with E-state index in [1.54, 1.807) is 12.0 Å². The van der Waals surface area contributed by atoms with E-state index >= 15 is 0 Å². The summed E-state index contributed by atoms with van der Waals surface area (Å²) >= 11 is 0. The third-order valence-corrected chi connectivity index (χ3v) is 2.82. The highest BCUT2D eigenvalue weighted by atomic mass is 127. The van der Waals surface area contributed by atoms with E-state index in [1.807, 2.05) is 41.5 Å². The second-order valence-corrected chi connectivity index (χ2v) is 6.32. The van der Waals surface area contributed by atoms with E-state index in [0.29, 0.717) is 26.2 Å². The number of aliphatic imine (C=N–C) groups is 1. The molecule has 0 aliphatic carbocycles. The Morgan fingerprint density at radius 1 is 1.29 bits per heavy atom. The summed E-state index contributed by atoms with van der Waals surface area (Å²) in [6, 6.07) is 0.158. The number of rotatable bonds is 8. The Kier molecular flexibility index (Phi) is 14.3. The number of likely N-dealkylation sites (N-methyl/N-ethyl adjacent to an activating group) is 1. The van der Waals surface area contributed by atoms with Gasteiger partial charge in [-0.2, -0.15) is 0 Å². The number of carbonyl (C=O) groups is 1. The molecule has 0 saturated heterocycles. The van der Waals surface area contributed by atoms with Crippen LogP contribution >= 0.6 is 24.0 Å². The van der Waals surface area contributed by atoms with E-state index in [9.17, 15) is 4.79 Å². The highest BCUT2D eigenvalue weighted by Gasteiger charge is 2.20. The molecule has 7 nitrogen and oxygen atoms in total. The number of nitrogens with one attached hydrogen (secondary N) is 2. The quantitative estimate of drug-likeness (QED) is 0.332. The van der Waals surface area contributed by atoms with Crippen LogP contribution < -0.4 is 10.6 Å². The average molecular weight is 458 g/mol. The molecule has 0 radical (unpaired) electrons. The highest BCUT2D eigenvalue weighted by molar-refractivity contribution is 14.0. The van der Waals surface area contributed by atoms with Crippen molar-refractivity contribution < 1.29 is 14.3 Å². The molecule has 0 aliphatic rings. The second-order valence-electron chi connectivity index (χ2n) is 6.32. The normalized spacial score (nSPS) is 12.9. The van der Waals surface area contributed by atoms with Gasteiger partial charge in [-0.3, -0.25) is 4.99 Å². The molecule has 0 heterocycles. The van der Waals surface area contributed by atoms with Gasteiger partial charge in [0, 0.05) is 32.8 Å². The van der Waals surface area contributed by atoms with E-state index in [4.69, 9.17) is 9.47 Å². The first-order chi connectivity index (χ1) is 10.7. The minimum atomic E-state index is -0.486. The Morgan fingerprint density at radius 2 is 1.92 bits per heavy atom. The fourth-order valence-electron chi connectivity index (χ4n) is 1.83. The topological polar surface area (TPSA) is 75.2 Å². The van der Waals surface area contributed by atoms with Gasteiger partial charge in [0.05, 0.1) is 13.2 Å². The van der Waals surface area contributed by atoms with Gasteiger partial charge in [-0.25, -0.2) is 4.79 Å². The first-order valence-corrected chi connectivity index (χ1v) is 8.25. The number of amides is 1. The number of ether oxygens (including phenoxy) is 2. The van der Waals surface area contributed by atoms with E-state index in [2.05, 4.69) is 15.6 Å². The molecule has 8 heteroatoms. The smallest absolute Gasteiger partial charge is 0.410 e. The zero-order valence-electron chi connectivity index (χ0n) is 16.1. The maximum Gasteiger partial charge on any atom is 0.410 e. The first kappa shape index (κ1) is 25.5. The van der Waals surface area contributed by atoms with Gasteiger partial charge < -0.3 is 25.0 Å². The minimum Gasteiger partial charge on any atom is -0.444 e. The number of methoxy groups -OCH3 is 1. The molecule has 0 saturated carbocycles. The number of nitrogens with zero attached hydrogens (tertiary/aromatic N) is 2. The highest BCUT2D eigenvalue weighted by Crippen LogP contribution is 2.09. The molecular weight excluding hydrogens is 423 g/mol. The fourth-order valence-corrected chi connectivity index (χ4v) is 1.83. The number of hydrogen-bond donors (Lipinski definition) is 2. The Labute approximate surface area is 164 Å². The van der Waals surface area contributed by atoms with Crippen molar-refractivity contribution in [1.29, 1.82) is 0 Å². The first-order valence-electron chi connectivity index (χ1n) is 8.25. The van der Waals surface area contributed by atoms with Crippen LogP contribution in [0.15, 0.2) is 4.99 Å². The van der Waals surface area contributed by atoms with Crippen LogP contribution in [-0.4, -0.2) is 68.5 Å². The van der Waals surface area contributed by atoms with Crippen molar-refractivity contribution in [2.24, 2.45) is 4.99 Å². The second kappa shape index (κ2) is 13.5. The van der Waals surface area contributed by atoms with Crippen molar-refractivity contribution in [3.8, 4) is 0 Å². The summed E-state index contributed by atoms with van der Waals surface area (Å²) in [6.07, 6.45) is -0.305. The summed E-state index contributed by atoms with van der Waals surface area (Å²) in [5.74, 6) is 0.720. The zero-order valence-corrected chi connectivity index (χ0v) is 18.5. The Morgan fingerprint density at radius 3 is 2.38 bits per heavy atom. The molecule has 0 aromatic heterocycles. The lowest BCUT2D eigenvalue weighted by molar-refractivity contribution is 0.0266. The molecule has 0 spiro atoms. The summed E-state index contributed by atoms with van der Waals surface area (Å²) in [5.41, 5.74) is -0.486. The van der Waals surface area contributed by atoms with Crippen LogP contribution in [0.3, 0.4) is 0 Å². The molecule has 144 valence electrons. The monoisotopic (exact) mass is 458 g/mol. The molecule has 0 aliphatic heterocycles. The van der Waals surface area contributed by atoms with Crippen molar-refractivity contribution in [1.82, 2.24) is 15.5 Å². The Balaban J connectivity index is 0. The van der Waals surface area contributed by atoms with E-state index in [-0.39, 0.29) is 36.1 Å². The van der Waals surface area contributed by atoms with Crippen molar-refractivity contribution in [2.45, 2.75) is 53.2 Å². The van der Waals surface area contributed by atoms with Gasteiger partial charge in [0.15, 0.2) is 5.96 Å². The lowest BCUT2D eigenvalue weighted by Crippen LogP contribution is -2.44. The number of hydrogen-bond acceptors (Lipinski definition) is 4. The van der Waals surface area contributed by atoms with Crippen molar-refractivity contribution in [2.75, 3.05) is 39.9 Å². The van der Waals surface area contributed by atoms with Crippen LogP contribution in [0.2, 0.25) is 0 Å². The van der Waals surface area contributed by atoms with Gasteiger partial charge >= 0.3 is 6.09 Å². The summed E-state index contributed by atoms with van der Waals surface area (Å²) in [4.78, 5) is 18.2. The number of halogens is 1. The Hall–Kier alpha value is -0.770. The third-order valence-electron chi connectivity index (χ3n) is 2.82. The lowest BCUT2D eigenvalue weighted by atomic mass is 10.2. The molecular formula is C16H35IN4O3. The summed E-state index contributed by atoms with van der Waals surface area (Å²) < 4.78 is 10.5. The molecule has 0 bridgehead atoms. The molecule has 1 unspecified atom stereocenters. The van der Waals surface area contributed by atoms with Crippen LogP contribution in [-0.2, 0) is 9.47 Å². The van der Waals surface area contributed by atoms with Gasteiger partial charge in [-0.1, -0.05) is 0 Å². The number of guanidine groups is 1. The van der Waals surface area contributed by atoms with E-state index < -0.39 is 5.60 Å². The van der Waals surface area contributed by atoms with Crippen molar-refractivity contribution in [3.63, 3.8) is 0 Å².